The number of para-hydroxylation sites is 2. The summed E-state index contributed by atoms with van der Waals surface area (Å²) in [5.41, 5.74) is -0.207. The van der Waals surface area contributed by atoms with Gasteiger partial charge in [-0.15, -0.1) is 0 Å². The molecule has 5 aromatic rings. The van der Waals surface area contributed by atoms with E-state index in [4.69, 9.17) is 9.47 Å². The van der Waals surface area contributed by atoms with Crippen LogP contribution < -0.4 is 20.3 Å². The highest BCUT2D eigenvalue weighted by Crippen LogP contribution is 2.31. The van der Waals surface area contributed by atoms with E-state index in [0.717, 1.165) is 10.6 Å². The Balaban J connectivity index is 1.40. The maximum absolute atomic E-state index is 14.7. The highest BCUT2D eigenvalue weighted by Gasteiger charge is 2.22. The molecular formula is C23H16F2N6O3. The largest absolute Gasteiger partial charge is 0.486 e. The molecule has 11 heteroatoms. The fourth-order valence-electron chi connectivity index (χ4n) is 3.93. The molecule has 34 heavy (non-hydrogen) atoms. The molecule has 0 radical (unpaired) electrons. The van der Waals surface area contributed by atoms with Crippen LogP contribution in [0, 0.1) is 11.6 Å². The molecular weight excluding hydrogens is 446 g/mol. The quantitative estimate of drug-likeness (QED) is 0.422. The summed E-state index contributed by atoms with van der Waals surface area (Å²) in [6.07, 6.45) is 2.61. The fourth-order valence-corrected chi connectivity index (χ4v) is 3.93. The van der Waals surface area contributed by atoms with Crippen LogP contribution in [0.25, 0.3) is 27.6 Å². The highest BCUT2D eigenvalue weighted by atomic mass is 19.1. The van der Waals surface area contributed by atoms with Crippen LogP contribution in [0.1, 0.15) is 0 Å². The number of aromatic nitrogens is 5. The van der Waals surface area contributed by atoms with Gasteiger partial charge in [0.15, 0.2) is 17.1 Å². The van der Waals surface area contributed by atoms with E-state index in [2.05, 4.69) is 25.5 Å². The second-order valence-corrected chi connectivity index (χ2v) is 7.69. The summed E-state index contributed by atoms with van der Waals surface area (Å²) in [5.74, 6) is -0.141. The van der Waals surface area contributed by atoms with Crippen LogP contribution in [-0.4, -0.2) is 44.0 Å². The third kappa shape index (κ3) is 3.29. The molecule has 1 aliphatic rings. The molecule has 6 rings (SSSR count). The zero-order valence-corrected chi connectivity index (χ0v) is 17.5. The summed E-state index contributed by atoms with van der Waals surface area (Å²) in [5, 5.41) is 10.5. The summed E-state index contributed by atoms with van der Waals surface area (Å²) >= 11 is 0. The number of nitrogens with zero attached hydrogens (tertiary/aromatic N) is 4. The number of anilines is 1. The van der Waals surface area contributed by atoms with Gasteiger partial charge in [-0.05, 0) is 24.3 Å². The molecule has 2 N–H and O–H groups in total. The van der Waals surface area contributed by atoms with E-state index in [0.29, 0.717) is 41.6 Å². The number of hydrogen-bond acceptors (Lipinski definition) is 7. The lowest BCUT2D eigenvalue weighted by atomic mass is 10.2. The molecule has 0 fully saturated rings. The molecule has 3 aromatic heterocycles. The summed E-state index contributed by atoms with van der Waals surface area (Å²) in [6.45, 7) is 0.649. The average Bonchev–Trinajstić information content (AvgIpc) is 3.34. The number of ether oxygens (including phenoxy) is 2. The first-order chi connectivity index (χ1) is 16.6. The Hall–Kier alpha value is -4.54. The van der Waals surface area contributed by atoms with Crippen molar-refractivity contribution in [3.05, 3.63) is 76.8 Å². The van der Waals surface area contributed by atoms with E-state index in [1.165, 1.54) is 18.5 Å². The molecule has 0 saturated heterocycles. The molecule has 0 unspecified atom stereocenters. The van der Waals surface area contributed by atoms with Crippen molar-refractivity contribution < 1.29 is 18.3 Å². The molecule has 170 valence electrons. The van der Waals surface area contributed by atoms with Crippen molar-refractivity contribution in [3.8, 4) is 17.2 Å². The summed E-state index contributed by atoms with van der Waals surface area (Å²) < 4.78 is 40.9. The van der Waals surface area contributed by atoms with E-state index in [-0.39, 0.29) is 28.8 Å². The van der Waals surface area contributed by atoms with Crippen molar-refractivity contribution in [3.63, 3.8) is 0 Å². The van der Waals surface area contributed by atoms with Crippen LogP contribution in [0.3, 0.4) is 0 Å². The lowest BCUT2D eigenvalue weighted by molar-refractivity contribution is 0.0996. The summed E-state index contributed by atoms with van der Waals surface area (Å²) in [4.78, 5) is 22.0. The molecule has 0 amide bonds. The third-order valence-electron chi connectivity index (χ3n) is 5.52. The molecule has 2 aromatic carbocycles. The average molecular weight is 462 g/mol. The van der Waals surface area contributed by atoms with Gasteiger partial charge in [0.25, 0.3) is 5.56 Å². The SMILES string of the molecule is O=c1c2c[nH]nc2c2cnc(NC[C@H]3COc4ccccc4O3)nc2n1-c1ccc(F)cc1F. The van der Waals surface area contributed by atoms with E-state index in [1.807, 2.05) is 24.3 Å². The minimum absolute atomic E-state index is 0.124. The van der Waals surface area contributed by atoms with Crippen LogP contribution in [0.5, 0.6) is 11.5 Å². The zero-order chi connectivity index (χ0) is 23.2. The predicted molar refractivity (Wildman–Crippen MR) is 120 cm³/mol. The number of pyridine rings is 1. The first-order valence-corrected chi connectivity index (χ1v) is 10.4. The number of rotatable bonds is 4. The second-order valence-electron chi connectivity index (χ2n) is 7.69. The van der Waals surface area contributed by atoms with Crippen LogP contribution in [0.4, 0.5) is 14.7 Å². The van der Waals surface area contributed by atoms with Crippen LogP contribution in [0.2, 0.25) is 0 Å². The van der Waals surface area contributed by atoms with Gasteiger partial charge >= 0.3 is 0 Å². The molecule has 0 aliphatic carbocycles. The van der Waals surface area contributed by atoms with Crippen LogP contribution in [0.15, 0.2) is 59.7 Å². The van der Waals surface area contributed by atoms with Crippen molar-refractivity contribution in [2.24, 2.45) is 0 Å². The Labute approximate surface area is 190 Å². The topological polar surface area (TPSA) is 107 Å². The van der Waals surface area contributed by atoms with Gasteiger partial charge in [0, 0.05) is 18.5 Å². The summed E-state index contributed by atoms with van der Waals surface area (Å²) in [6, 6.07) is 10.4. The number of H-pyrrole nitrogens is 1. The van der Waals surface area contributed by atoms with E-state index in [9.17, 15) is 13.6 Å². The minimum atomic E-state index is -0.897. The molecule has 0 bridgehead atoms. The Morgan fingerprint density at radius 1 is 1.15 bits per heavy atom. The van der Waals surface area contributed by atoms with Gasteiger partial charge in [-0.25, -0.2) is 13.8 Å². The van der Waals surface area contributed by atoms with Gasteiger partial charge < -0.3 is 14.8 Å². The lowest BCUT2D eigenvalue weighted by Crippen LogP contribution is -2.35. The molecule has 4 heterocycles. The van der Waals surface area contributed by atoms with Gasteiger partial charge in [0.1, 0.15) is 29.9 Å². The van der Waals surface area contributed by atoms with Gasteiger partial charge in [0.2, 0.25) is 5.95 Å². The first kappa shape index (κ1) is 20.1. The fraction of sp³-hybridized carbons (Fsp3) is 0.130. The second kappa shape index (κ2) is 7.80. The minimum Gasteiger partial charge on any atom is -0.486 e. The Morgan fingerprint density at radius 2 is 2.00 bits per heavy atom. The normalized spacial score (nSPS) is 15.1. The van der Waals surface area contributed by atoms with Crippen molar-refractivity contribution in [2.45, 2.75) is 6.10 Å². The maximum atomic E-state index is 14.7. The van der Waals surface area contributed by atoms with Crippen LogP contribution >= 0.6 is 0 Å². The third-order valence-corrected chi connectivity index (χ3v) is 5.52. The number of fused-ring (bicyclic) bond motifs is 4. The van der Waals surface area contributed by atoms with E-state index < -0.39 is 17.2 Å². The number of hydrogen-bond donors (Lipinski definition) is 2. The highest BCUT2D eigenvalue weighted by molar-refractivity contribution is 6.02. The maximum Gasteiger partial charge on any atom is 0.267 e. The van der Waals surface area contributed by atoms with Gasteiger partial charge in [-0.3, -0.25) is 14.5 Å². The predicted octanol–water partition coefficient (Wildman–Crippen LogP) is 3.19. The van der Waals surface area contributed by atoms with E-state index >= 15 is 0 Å². The van der Waals surface area contributed by atoms with Crippen molar-refractivity contribution in [1.82, 2.24) is 24.7 Å². The molecule has 0 saturated carbocycles. The molecule has 1 aliphatic heterocycles. The van der Waals surface area contributed by atoms with E-state index in [1.54, 1.807) is 0 Å². The van der Waals surface area contributed by atoms with Gasteiger partial charge in [-0.2, -0.15) is 10.1 Å². The Kier molecular flexibility index (Phi) is 4.61. The zero-order valence-electron chi connectivity index (χ0n) is 17.5. The number of halogens is 2. The number of aromatic amines is 1. The number of nitrogens with one attached hydrogen (secondary N) is 2. The summed E-state index contributed by atoms with van der Waals surface area (Å²) in [7, 11) is 0. The Bertz CT molecular complexity index is 1620. The van der Waals surface area contributed by atoms with Crippen molar-refractivity contribution >= 4 is 27.9 Å². The van der Waals surface area contributed by atoms with Crippen LogP contribution in [-0.2, 0) is 0 Å². The number of benzene rings is 2. The lowest BCUT2D eigenvalue weighted by Gasteiger charge is -2.26. The first-order valence-electron chi connectivity index (χ1n) is 10.4. The van der Waals surface area contributed by atoms with Crippen molar-refractivity contribution in [2.75, 3.05) is 18.5 Å². The van der Waals surface area contributed by atoms with Gasteiger partial charge in [-0.1, -0.05) is 12.1 Å². The standard InChI is InChI=1S/C23H16F2N6O3/c24-12-5-6-17(16(25)7-12)31-21-14(20-15(22(31)32)10-28-30-20)9-27-23(29-21)26-8-13-11-33-18-3-1-2-4-19(18)34-13/h1-7,9-10,13H,8,11H2,(H,28,30)(H,26,27,29)/t13-/m0/s1. The molecule has 0 spiro atoms. The van der Waals surface area contributed by atoms with Gasteiger partial charge in [0.05, 0.1) is 23.0 Å². The molecule has 9 nitrogen and oxygen atoms in total. The molecule has 1 atom stereocenters. The van der Waals surface area contributed by atoms with Crippen molar-refractivity contribution in [1.29, 1.82) is 0 Å². The monoisotopic (exact) mass is 462 g/mol. The smallest absolute Gasteiger partial charge is 0.267 e. The Morgan fingerprint density at radius 3 is 2.85 bits per heavy atom.